The maximum Gasteiger partial charge on any atom is 0.159 e. The van der Waals surface area contributed by atoms with Gasteiger partial charge < -0.3 is 23.9 Å². The number of hydrogen-bond acceptors (Lipinski definition) is 5. The third-order valence-electron chi connectivity index (χ3n) is 6.56. The third kappa shape index (κ3) is 5.63. The summed E-state index contributed by atoms with van der Waals surface area (Å²) in [6, 6.07) is 26.5. The Bertz CT molecular complexity index is 1330. The van der Waals surface area contributed by atoms with Crippen LogP contribution < -0.4 is 10.1 Å². The Kier molecular flexibility index (Phi) is 7.68. The van der Waals surface area contributed by atoms with Gasteiger partial charge in [-0.15, -0.1) is 0 Å². The van der Waals surface area contributed by atoms with E-state index < -0.39 is 0 Å². The van der Waals surface area contributed by atoms with Crippen molar-refractivity contribution in [2.24, 2.45) is 0 Å². The second-order valence-electron chi connectivity index (χ2n) is 8.96. The van der Waals surface area contributed by atoms with E-state index in [1.165, 1.54) is 5.56 Å². The fourth-order valence-corrected chi connectivity index (χ4v) is 4.56. The van der Waals surface area contributed by atoms with Crippen molar-refractivity contribution in [3.63, 3.8) is 0 Å². The largest absolute Gasteiger partial charge is 0.497 e. The molecule has 0 aliphatic carbocycles. The van der Waals surface area contributed by atoms with Crippen LogP contribution in [0.2, 0.25) is 0 Å². The molecular weight excluding hydrogens is 450 g/mol. The molecule has 36 heavy (non-hydrogen) atoms. The van der Waals surface area contributed by atoms with E-state index in [1.807, 2.05) is 66.7 Å². The Balaban J connectivity index is 1.16. The van der Waals surface area contributed by atoms with Crippen molar-refractivity contribution in [3.05, 3.63) is 90.0 Å². The van der Waals surface area contributed by atoms with Crippen molar-refractivity contribution in [3.8, 4) is 28.9 Å². The van der Waals surface area contributed by atoms with Crippen LogP contribution in [0.15, 0.2) is 83.3 Å². The molecule has 5 rings (SSSR count). The minimum atomic E-state index is -0.247. The van der Waals surface area contributed by atoms with Gasteiger partial charge in [0.1, 0.15) is 17.9 Å². The molecule has 1 aliphatic heterocycles. The molecule has 0 amide bonds. The number of fused-ring (bicyclic) bond motifs is 1. The molecule has 1 aromatic heterocycles. The van der Waals surface area contributed by atoms with E-state index in [1.54, 1.807) is 7.11 Å². The van der Waals surface area contributed by atoms with E-state index in [2.05, 4.69) is 36.2 Å². The second-order valence-corrected chi connectivity index (χ2v) is 8.96. The van der Waals surface area contributed by atoms with Gasteiger partial charge in [0.2, 0.25) is 0 Å². The first-order valence-electron chi connectivity index (χ1n) is 12.4. The van der Waals surface area contributed by atoms with Gasteiger partial charge in [0.15, 0.2) is 12.1 Å². The van der Waals surface area contributed by atoms with Gasteiger partial charge in [-0.05, 0) is 43.2 Å². The van der Waals surface area contributed by atoms with Crippen molar-refractivity contribution < 1.29 is 18.6 Å². The summed E-state index contributed by atoms with van der Waals surface area (Å²) in [7, 11) is 1.68. The van der Waals surface area contributed by atoms with Crippen LogP contribution in [0, 0.1) is 11.8 Å². The molecule has 4 aromatic rings. The SMILES string of the molecule is COc1ccc(CN[C@H]2CC[C@H](OCC#Cc3c(-c4ccccc4)oc4ccccc34)O[C@H]2C)cc1. The van der Waals surface area contributed by atoms with Crippen LogP contribution in [0.1, 0.15) is 30.9 Å². The number of hydrogen-bond donors (Lipinski definition) is 1. The predicted octanol–water partition coefficient (Wildman–Crippen LogP) is 6.16. The lowest BCUT2D eigenvalue weighted by molar-refractivity contribution is -0.190. The average molecular weight is 482 g/mol. The van der Waals surface area contributed by atoms with Gasteiger partial charge >= 0.3 is 0 Å². The fraction of sp³-hybridized carbons (Fsp3) is 0.290. The Morgan fingerprint density at radius 3 is 2.50 bits per heavy atom. The van der Waals surface area contributed by atoms with Crippen molar-refractivity contribution in [2.75, 3.05) is 13.7 Å². The molecule has 3 aromatic carbocycles. The topological polar surface area (TPSA) is 52.9 Å². The molecule has 5 heteroatoms. The summed E-state index contributed by atoms with van der Waals surface area (Å²) >= 11 is 0. The maximum atomic E-state index is 6.14. The number of nitrogens with one attached hydrogen (secondary N) is 1. The summed E-state index contributed by atoms with van der Waals surface area (Å²) in [6.45, 7) is 3.19. The molecule has 1 aliphatic rings. The molecule has 184 valence electrons. The van der Waals surface area contributed by atoms with Crippen molar-refractivity contribution >= 4 is 11.0 Å². The molecule has 0 spiro atoms. The van der Waals surface area contributed by atoms with Crippen molar-refractivity contribution in [1.29, 1.82) is 0 Å². The molecule has 3 atom stereocenters. The van der Waals surface area contributed by atoms with Crippen LogP contribution in [-0.2, 0) is 16.0 Å². The van der Waals surface area contributed by atoms with Gasteiger partial charge in [-0.25, -0.2) is 0 Å². The summed E-state index contributed by atoms with van der Waals surface area (Å²) in [5.41, 5.74) is 3.95. The molecule has 2 heterocycles. The lowest BCUT2D eigenvalue weighted by atomic mass is 10.0. The Morgan fingerprint density at radius 2 is 1.72 bits per heavy atom. The van der Waals surface area contributed by atoms with Gasteiger partial charge in [-0.3, -0.25) is 0 Å². The van der Waals surface area contributed by atoms with Crippen molar-refractivity contribution in [2.45, 2.75) is 44.7 Å². The Labute approximate surface area is 212 Å². The number of furan rings is 1. The first-order chi connectivity index (χ1) is 17.7. The zero-order valence-electron chi connectivity index (χ0n) is 20.7. The number of benzene rings is 3. The minimum absolute atomic E-state index is 0.0532. The molecule has 1 saturated heterocycles. The van der Waals surface area contributed by atoms with Crippen LogP contribution >= 0.6 is 0 Å². The lowest BCUT2D eigenvalue weighted by Crippen LogP contribution is -2.46. The van der Waals surface area contributed by atoms with E-state index in [-0.39, 0.29) is 18.4 Å². The molecule has 1 fully saturated rings. The first-order valence-corrected chi connectivity index (χ1v) is 12.4. The zero-order valence-corrected chi connectivity index (χ0v) is 20.7. The Morgan fingerprint density at radius 1 is 0.944 bits per heavy atom. The lowest BCUT2D eigenvalue weighted by Gasteiger charge is -2.34. The highest BCUT2D eigenvalue weighted by Crippen LogP contribution is 2.32. The third-order valence-corrected chi connectivity index (χ3v) is 6.56. The van der Waals surface area contributed by atoms with E-state index in [0.717, 1.165) is 53.0 Å². The number of ether oxygens (including phenoxy) is 3. The zero-order chi connectivity index (χ0) is 24.7. The van der Waals surface area contributed by atoms with Crippen LogP contribution in [0.4, 0.5) is 0 Å². The van der Waals surface area contributed by atoms with Crippen LogP contribution in [-0.4, -0.2) is 32.2 Å². The quantitative estimate of drug-likeness (QED) is 0.321. The van der Waals surface area contributed by atoms with E-state index in [4.69, 9.17) is 18.6 Å². The average Bonchev–Trinajstić information content (AvgIpc) is 3.30. The molecule has 0 radical (unpaired) electrons. The highest BCUT2D eigenvalue weighted by atomic mass is 16.7. The van der Waals surface area contributed by atoms with Gasteiger partial charge in [0, 0.05) is 30.0 Å². The van der Waals surface area contributed by atoms with Crippen LogP contribution in [0.25, 0.3) is 22.3 Å². The highest BCUT2D eigenvalue weighted by molar-refractivity contribution is 5.91. The predicted molar refractivity (Wildman–Crippen MR) is 142 cm³/mol. The fourth-order valence-electron chi connectivity index (χ4n) is 4.56. The minimum Gasteiger partial charge on any atom is -0.497 e. The number of para-hydroxylation sites is 1. The molecule has 0 saturated carbocycles. The first kappa shape index (κ1) is 24.1. The van der Waals surface area contributed by atoms with Gasteiger partial charge in [0.25, 0.3) is 0 Å². The van der Waals surface area contributed by atoms with E-state index >= 15 is 0 Å². The Hall–Kier alpha value is -3.56. The van der Waals surface area contributed by atoms with Gasteiger partial charge in [0.05, 0.1) is 18.8 Å². The second kappa shape index (κ2) is 11.5. The van der Waals surface area contributed by atoms with E-state index in [0.29, 0.717) is 6.61 Å². The molecule has 0 unspecified atom stereocenters. The van der Waals surface area contributed by atoms with Gasteiger partial charge in [-0.2, -0.15) is 0 Å². The molecule has 5 nitrogen and oxygen atoms in total. The highest BCUT2D eigenvalue weighted by Gasteiger charge is 2.28. The van der Waals surface area contributed by atoms with E-state index in [9.17, 15) is 0 Å². The summed E-state index contributed by atoms with van der Waals surface area (Å²) in [4.78, 5) is 0. The summed E-state index contributed by atoms with van der Waals surface area (Å²) in [5, 5.41) is 4.62. The smallest absolute Gasteiger partial charge is 0.159 e. The monoisotopic (exact) mass is 481 g/mol. The van der Waals surface area contributed by atoms with Crippen LogP contribution in [0.5, 0.6) is 5.75 Å². The maximum absolute atomic E-state index is 6.14. The molecule has 1 N–H and O–H groups in total. The van der Waals surface area contributed by atoms with Crippen LogP contribution in [0.3, 0.4) is 0 Å². The standard InChI is InChI=1S/C31H31NO4/c1-22-28(32-21-23-14-16-25(33-2)17-15-23)18-19-30(35-22)34-20-8-12-27-26-11-6-7-13-29(26)36-31(27)24-9-4-3-5-10-24/h3-7,9-11,13-17,22,28,30,32H,18-21H2,1-2H3/t22-,28-,30+/m0/s1. The number of methoxy groups -OCH3 is 1. The molecular formula is C31H31NO4. The van der Waals surface area contributed by atoms with Crippen molar-refractivity contribution in [1.82, 2.24) is 5.32 Å². The summed E-state index contributed by atoms with van der Waals surface area (Å²) in [5.74, 6) is 8.14. The normalized spacial score (nSPS) is 19.6. The number of rotatable bonds is 7. The summed E-state index contributed by atoms with van der Waals surface area (Å²) in [6.07, 6.45) is 1.62. The summed E-state index contributed by atoms with van der Waals surface area (Å²) < 4.78 is 23.5. The molecule has 0 bridgehead atoms. The van der Waals surface area contributed by atoms with Gasteiger partial charge in [-0.1, -0.05) is 66.4 Å².